The highest BCUT2D eigenvalue weighted by Gasteiger charge is 2.11. The van der Waals surface area contributed by atoms with E-state index in [1.54, 1.807) is 0 Å². The highest BCUT2D eigenvalue weighted by Crippen LogP contribution is 2.10. The Morgan fingerprint density at radius 3 is 1.84 bits per heavy atom. The lowest BCUT2D eigenvalue weighted by Crippen LogP contribution is -2.30. The number of Topliss-reactive ketones (excluding diaryl/α,β-unsaturated/α-hetero) is 1. The zero-order valence-corrected chi connectivity index (χ0v) is 30.2. The minimum atomic E-state index is -0.0924. The van der Waals surface area contributed by atoms with Crippen LogP contribution in [0.15, 0.2) is 24.3 Å². The van der Waals surface area contributed by atoms with Gasteiger partial charge in [0.25, 0.3) is 0 Å². The van der Waals surface area contributed by atoms with Gasteiger partial charge in [-0.15, -0.1) is 0 Å². The van der Waals surface area contributed by atoms with Crippen LogP contribution in [0.5, 0.6) is 0 Å². The number of carbonyl (C=O) groups is 2. The van der Waals surface area contributed by atoms with Gasteiger partial charge in [-0.2, -0.15) is 0 Å². The topological polar surface area (TPSA) is 65.1 Å². The van der Waals surface area contributed by atoms with Crippen molar-refractivity contribution in [3.8, 4) is 0 Å². The fraction of sp³-hybridized carbons (Fsp3) is 0.846. The molecule has 0 saturated carbocycles. The molecule has 6 heteroatoms. The van der Waals surface area contributed by atoms with Crippen LogP contribution in [0.3, 0.4) is 0 Å². The van der Waals surface area contributed by atoms with E-state index in [2.05, 4.69) is 51.1 Å². The second-order valence-corrected chi connectivity index (χ2v) is 12.9. The van der Waals surface area contributed by atoms with Gasteiger partial charge in [0.15, 0.2) is 0 Å². The monoisotopic (exact) mass is 636 g/mol. The quantitative estimate of drug-likeness (QED) is 0.0392. The molecule has 0 fully saturated rings. The second kappa shape index (κ2) is 35.4. The molecule has 1 unspecified atom stereocenters. The summed E-state index contributed by atoms with van der Waals surface area (Å²) in [7, 11) is 4.16. The molecule has 0 rings (SSSR count). The molecule has 0 aromatic heterocycles. The maximum absolute atomic E-state index is 12.1. The Labute approximate surface area is 279 Å². The van der Waals surface area contributed by atoms with Gasteiger partial charge in [-0.3, -0.25) is 9.59 Å². The molecule has 0 heterocycles. The molecule has 0 radical (unpaired) electrons. The Hall–Kier alpha value is -1.50. The molecule has 0 aliphatic heterocycles. The van der Waals surface area contributed by atoms with Crippen molar-refractivity contribution in [2.75, 3.05) is 47.1 Å². The Balaban J connectivity index is 3.68. The summed E-state index contributed by atoms with van der Waals surface area (Å²) in [6.45, 7) is 8.00. The molecule has 264 valence electrons. The van der Waals surface area contributed by atoms with E-state index < -0.39 is 0 Å². The van der Waals surface area contributed by atoms with Crippen LogP contribution in [0, 0.1) is 0 Å². The molecule has 45 heavy (non-hydrogen) atoms. The van der Waals surface area contributed by atoms with E-state index in [-0.39, 0.29) is 12.1 Å². The third-order valence-corrected chi connectivity index (χ3v) is 7.99. The zero-order chi connectivity index (χ0) is 33.1. The summed E-state index contributed by atoms with van der Waals surface area (Å²) in [6.07, 6.45) is 33.2. The predicted molar refractivity (Wildman–Crippen MR) is 191 cm³/mol. The SMILES string of the molecule is CCCCCC/C=C\CCC(=O)CCCCCCOCCC(CN(C)C)OCCCCCCC(=O)OC/C=C\CCCCCC. The first-order chi connectivity index (χ1) is 22.0. The van der Waals surface area contributed by atoms with Crippen LogP contribution in [0.25, 0.3) is 0 Å². The minimum Gasteiger partial charge on any atom is -0.461 e. The van der Waals surface area contributed by atoms with E-state index in [4.69, 9.17) is 14.2 Å². The number of ether oxygens (including phenoxy) is 3. The number of ketones is 1. The van der Waals surface area contributed by atoms with Crippen molar-refractivity contribution in [1.82, 2.24) is 4.90 Å². The Kier molecular flexibility index (Phi) is 34.2. The Bertz CT molecular complexity index is 706. The number of hydrogen-bond acceptors (Lipinski definition) is 6. The van der Waals surface area contributed by atoms with Crippen LogP contribution in [-0.4, -0.2) is 69.8 Å². The lowest BCUT2D eigenvalue weighted by atomic mass is 10.1. The van der Waals surface area contributed by atoms with Gasteiger partial charge in [0.1, 0.15) is 12.4 Å². The third kappa shape index (κ3) is 35.2. The van der Waals surface area contributed by atoms with Gasteiger partial charge in [0, 0.05) is 45.6 Å². The van der Waals surface area contributed by atoms with Gasteiger partial charge in [-0.1, -0.05) is 102 Å². The largest absolute Gasteiger partial charge is 0.461 e. The Morgan fingerprint density at radius 1 is 0.600 bits per heavy atom. The van der Waals surface area contributed by atoms with E-state index in [1.807, 2.05) is 6.08 Å². The first kappa shape index (κ1) is 43.5. The van der Waals surface area contributed by atoms with Crippen molar-refractivity contribution in [2.45, 2.75) is 168 Å². The summed E-state index contributed by atoms with van der Waals surface area (Å²) in [6, 6.07) is 0. The molecule has 0 bridgehead atoms. The molecular formula is C39H73NO5. The summed E-state index contributed by atoms with van der Waals surface area (Å²) >= 11 is 0. The number of rotatable bonds is 35. The normalized spacial score (nSPS) is 12.6. The van der Waals surface area contributed by atoms with Crippen LogP contribution < -0.4 is 0 Å². The molecule has 0 amide bonds. The number of nitrogens with zero attached hydrogens (tertiary/aromatic N) is 1. The first-order valence-corrected chi connectivity index (χ1v) is 18.8. The van der Waals surface area contributed by atoms with E-state index >= 15 is 0 Å². The van der Waals surface area contributed by atoms with Crippen molar-refractivity contribution in [2.24, 2.45) is 0 Å². The van der Waals surface area contributed by atoms with E-state index in [0.717, 1.165) is 110 Å². The minimum absolute atomic E-state index is 0.0924. The van der Waals surface area contributed by atoms with Crippen LogP contribution >= 0.6 is 0 Å². The van der Waals surface area contributed by atoms with E-state index in [0.29, 0.717) is 25.2 Å². The fourth-order valence-electron chi connectivity index (χ4n) is 5.19. The lowest BCUT2D eigenvalue weighted by Gasteiger charge is -2.21. The molecule has 0 spiro atoms. The highest BCUT2D eigenvalue weighted by atomic mass is 16.5. The van der Waals surface area contributed by atoms with E-state index in [9.17, 15) is 9.59 Å². The molecule has 1 atom stereocenters. The van der Waals surface area contributed by atoms with E-state index in [1.165, 1.54) is 51.4 Å². The van der Waals surface area contributed by atoms with Gasteiger partial charge >= 0.3 is 5.97 Å². The van der Waals surface area contributed by atoms with Crippen molar-refractivity contribution in [3.05, 3.63) is 24.3 Å². The van der Waals surface area contributed by atoms with Crippen LogP contribution in [0.2, 0.25) is 0 Å². The molecule has 0 aromatic carbocycles. The number of esters is 1. The van der Waals surface area contributed by atoms with Crippen LogP contribution in [0.4, 0.5) is 0 Å². The smallest absolute Gasteiger partial charge is 0.306 e. The van der Waals surface area contributed by atoms with Gasteiger partial charge in [0.2, 0.25) is 0 Å². The average Bonchev–Trinajstić information content (AvgIpc) is 3.01. The molecule has 0 aliphatic carbocycles. The molecular weight excluding hydrogens is 562 g/mol. The Morgan fingerprint density at radius 2 is 1.18 bits per heavy atom. The summed E-state index contributed by atoms with van der Waals surface area (Å²) in [5.74, 6) is 0.311. The van der Waals surface area contributed by atoms with Crippen LogP contribution in [0.1, 0.15) is 162 Å². The second-order valence-electron chi connectivity index (χ2n) is 12.9. The average molecular weight is 636 g/mol. The van der Waals surface area contributed by atoms with Crippen molar-refractivity contribution < 1.29 is 23.8 Å². The fourth-order valence-corrected chi connectivity index (χ4v) is 5.19. The van der Waals surface area contributed by atoms with Crippen molar-refractivity contribution in [1.29, 1.82) is 0 Å². The summed E-state index contributed by atoms with van der Waals surface area (Å²) in [4.78, 5) is 26.2. The van der Waals surface area contributed by atoms with Crippen LogP contribution in [-0.2, 0) is 23.8 Å². The number of unbranched alkanes of at least 4 members (excludes halogenated alkanes) is 14. The standard InChI is InChI=1S/C39H73NO5/c1-5-7-9-11-13-14-16-22-28-37(41)29-23-17-20-25-32-43-35-31-38(36-40(3)4)44-33-26-21-18-24-30-39(42)45-34-27-19-15-12-10-8-6-2/h14,16,19,27,38H,5-13,15,17-18,20-26,28-36H2,1-4H3/b16-14-,27-19-. The molecule has 0 N–H and O–H groups in total. The maximum Gasteiger partial charge on any atom is 0.306 e. The highest BCUT2D eigenvalue weighted by molar-refractivity contribution is 5.78. The summed E-state index contributed by atoms with van der Waals surface area (Å²) in [5.41, 5.74) is 0. The summed E-state index contributed by atoms with van der Waals surface area (Å²) in [5, 5.41) is 0. The van der Waals surface area contributed by atoms with Crippen molar-refractivity contribution in [3.63, 3.8) is 0 Å². The van der Waals surface area contributed by atoms with Gasteiger partial charge in [0.05, 0.1) is 6.10 Å². The molecule has 6 nitrogen and oxygen atoms in total. The number of hydrogen-bond donors (Lipinski definition) is 0. The molecule has 0 aromatic rings. The summed E-state index contributed by atoms with van der Waals surface area (Å²) < 4.78 is 17.4. The number of likely N-dealkylation sites (N-methyl/N-ethyl adjacent to an activating group) is 1. The van der Waals surface area contributed by atoms with Gasteiger partial charge in [-0.25, -0.2) is 0 Å². The van der Waals surface area contributed by atoms with Gasteiger partial charge < -0.3 is 19.1 Å². The molecule has 0 aliphatic rings. The lowest BCUT2D eigenvalue weighted by molar-refractivity contribution is -0.142. The number of allylic oxidation sites excluding steroid dienone is 3. The predicted octanol–water partition coefficient (Wildman–Crippen LogP) is 10.2. The molecule has 0 saturated heterocycles. The van der Waals surface area contributed by atoms with Gasteiger partial charge in [-0.05, 0) is 78.3 Å². The zero-order valence-electron chi connectivity index (χ0n) is 30.2. The maximum atomic E-state index is 12.1. The number of carbonyl (C=O) groups excluding carboxylic acids is 2. The first-order valence-electron chi connectivity index (χ1n) is 18.8. The van der Waals surface area contributed by atoms with Crippen molar-refractivity contribution >= 4 is 11.8 Å². The third-order valence-electron chi connectivity index (χ3n) is 7.99.